The summed E-state index contributed by atoms with van der Waals surface area (Å²) in [7, 11) is 0. The molecule has 0 aliphatic heterocycles. The molecule has 0 atom stereocenters. The third kappa shape index (κ3) is 6.01. The SMILES string of the molecule is CC(C)c1cc(Cl)nc2cnc(NC3CCC(CC(=O)OC(C)(C)C)CC3)nc12. The molecule has 1 aliphatic carbocycles. The number of aromatic nitrogens is 3. The zero-order valence-electron chi connectivity index (χ0n) is 18.0. The smallest absolute Gasteiger partial charge is 0.306 e. The van der Waals surface area contributed by atoms with Crippen molar-refractivity contribution in [3.8, 4) is 0 Å². The largest absolute Gasteiger partial charge is 0.460 e. The van der Waals surface area contributed by atoms with Crippen LogP contribution < -0.4 is 5.32 Å². The summed E-state index contributed by atoms with van der Waals surface area (Å²) < 4.78 is 5.45. The Morgan fingerprint density at radius 1 is 1.24 bits per heavy atom. The van der Waals surface area contributed by atoms with Crippen LogP contribution >= 0.6 is 11.6 Å². The molecule has 1 fully saturated rings. The molecule has 0 aromatic carbocycles. The molecule has 2 aromatic rings. The number of anilines is 1. The number of ether oxygens (including phenoxy) is 1. The van der Waals surface area contributed by atoms with E-state index in [0.29, 0.717) is 40.9 Å². The van der Waals surface area contributed by atoms with Crippen LogP contribution in [0.15, 0.2) is 12.3 Å². The van der Waals surface area contributed by atoms with Crippen LogP contribution in [0.1, 0.15) is 78.2 Å². The van der Waals surface area contributed by atoms with Gasteiger partial charge in [0.15, 0.2) is 0 Å². The molecule has 7 heteroatoms. The Balaban J connectivity index is 1.60. The Hall–Kier alpha value is -1.95. The van der Waals surface area contributed by atoms with Gasteiger partial charge in [0.1, 0.15) is 16.3 Å². The lowest BCUT2D eigenvalue weighted by Crippen LogP contribution is -2.30. The van der Waals surface area contributed by atoms with E-state index in [1.54, 1.807) is 6.20 Å². The van der Waals surface area contributed by atoms with Gasteiger partial charge in [-0.2, -0.15) is 0 Å². The molecule has 1 aliphatic rings. The van der Waals surface area contributed by atoms with E-state index in [4.69, 9.17) is 21.3 Å². The minimum absolute atomic E-state index is 0.0980. The van der Waals surface area contributed by atoms with E-state index in [0.717, 1.165) is 36.8 Å². The number of fused-ring (bicyclic) bond motifs is 1. The molecule has 0 bridgehead atoms. The van der Waals surface area contributed by atoms with E-state index < -0.39 is 5.60 Å². The van der Waals surface area contributed by atoms with Gasteiger partial charge in [0.2, 0.25) is 5.95 Å². The van der Waals surface area contributed by atoms with Crippen LogP contribution in [0.5, 0.6) is 0 Å². The summed E-state index contributed by atoms with van der Waals surface area (Å²) in [5, 5.41) is 3.93. The Morgan fingerprint density at radius 2 is 1.93 bits per heavy atom. The van der Waals surface area contributed by atoms with Crippen molar-refractivity contribution in [1.82, 2.24) is 15.0 Å². The van der Waals surface area contributed by atoms with Gasteiger partial charge in [-0.05, 0) is 69.9 Å². The number of carbonyl (C=O) groups is 1. The third-order valence-electron chi connectivity index (χ3n) is 5.22. The number of nitrogens with one attached hydrogen (secondary N) is 1. The maximum absolute atomic E-state index is 12.1. The molecule has 0 amide bonds. The minimum atomic E-state index is -0.419. The number of halogens is 1. The summed E-state index contributed by atoms with van der Waals surface area (Å²) in [5.41, 5.74) is 2.22. The second kappa shape index (κ2) is 8.82. The topological polar surface area (TPSA) is 77.0 Å². The molecule has 2 aromatic heterocycles. The number of nitrogens with zero attached hydrogens (tertiary/aromatic N) is 3. The number of rotatable bonds is 5. The predicted molar refractivity (Wildman–Crippen MR) is 116 cm³/mol. The van der Waals surface area contributed by atoms with Crippen LogP contribution in [0.25, 0.3) is 11.0 Å². The number of esters is 1. The van der Waals surface area contributed by atoms with Crippen LogP contribution in [0, 0.1) is 5.92 Å². The van der Waals surface area contributed by atoms with Gasteiger partial charge in [0.25, 0.3) is 0 Å². The third-order valence-corrected chi connectivity index (χ3v) is 5.42. The van der Waals surface area contributed by atoms with Gasteiger partial charge in [-0.25, -0.2) is 15.0 Å². The normalized spacial score (nSPS) is 20.1. The zero-order chi connectivity index (χ0) is 21.2. The van der Waals surface area contributed by atoms with Crippen LogP contribution in [-0.2, 0) is 9.53 Å². The lowest BCUT2D eigenvalue weighted by molar-refractivity contribution is -0.156. The first-order chi connectivity index (χ1) is 13.6. The van der Waals surface area contributed by atoms with Crippen molar-refractivity contribution in [1.29, 1.82) is 0 Å². The molecule has 2 heterocycles. The second-order valence-corrected chi connectivity index (χ2v) is 9.66. The van der Waals surface area contributed by atoms with Crippen LogP contribution in [0.3, 0.4) is 0 Å². The average Bonchev–Trinajstić information content (AvgIpc) is 2.61. The van der Waals surface area contributed by atoms with E-state index in [-0.39, 0.29) is 5.97 Å². The van der Waals surface area contributed by atoms with E-state index in [1.807, 2.05) is 26.8 Å². The maximum Gasteiger partial charge on any atom is 0.306 e. The first kappa shape index (κ1) is 21.8. The van der Waals surface area contributed by atoms with E-state index >= 15 is 0 Å². The fourth-order valence-electron chi connectivity index (χ4n) is 3.84. The van der Waals surface area contributed by atoms with Gasteiger partial charge < -0.3 is 10.1 Å². The first-order valence-corrected chi connectivity index (χ1v) is 10.8. The Labute approximate surface area is 177 Å². The summed E-state index contributed by atoms with van der Waals surface area (Å²) in [6.07, 6.45) is 6.21. The van der Waals surface area contributed by atoms with Gasteiger partial charge >= 0.3 is 5.97 Å². The van der Waals surface area contributed by atoms with Crippen molar-refractivity contribution < 1.29 is 9.53 Å². The highest BCUT2D eigenvalue weighted by Crippen LogP contribution is 2.30. The standard InChI is InChI=1S/C22H31ClN4O2/c1-13(2)16-11-18(23)26-17-12-24-21(27-20(16)17)25-15-8-6-14(7-9-15)10-19(28)29-22(3,4)5/h11-15H,6-10H2,1-5H3,(H,24,25,27). The summed E-state index contributed by atoms with van der Waals surface area (Å²) in [5.74, 6) is 1.21. The van der Waals surface area contributed by atoms with Gasteiger partial charge in [0.05, 0.1) is 11.7 Å². The molecular weight excluding hydrogens is 388 g/mol. The van der Waals surface area contributed by atoms with Gasteiger partial charge in [0, 0.05) is 12.5 Å². The molecule has 29 heavy (non-hydrogen) atoms. The highest BCUT2D eigenvalue weighted by Gasteiger charge is 2.26. The monoisotopic (exact) mass is 418 g/mol. The van der Waals surface area contributed by atoms with Crippen LogP contribution in [0.2, 0.25) is 5.15 Å². The summed E-state index contributed by atoms with van der Waals surface area (Å²) >= 11 is 6.13. The van der Waals surface area contributed by atoms with E-state index in [2.05, 4.69) is 29.1 Å². The van der Waals surface area contributed by atoms with E-state index in [9.17, 15) is 4.79 Å². The molecular formula is C22H31ClN4O2. The summed E-state index contributed by atoms with van der Waals surface area (Å²) in [6, 6.07) is 2.19. The summed E-state index contributed by atoms with van der Waals surface area (Å²) in [6.45, 7) is 9.95. The summed E-state index contributed by atoms with van der Waals surface area (Å²) in [4.78, 5) is 25.6. The van der Waals surface area contributed by atoms with Crippen LogP contribution in [0.4, 0.5) is 5.95 Å². The fraction of sp³-hybridized carbons (Fsp3) is 0.636. The second-order valence-electron chi connectivity index (χ2n) is 9.27. The maximum atomic E-state index is 12.1. The Morgan fingerprint density at radius 3 is 2.55 bits per heavy atom. The molecule has 0 radical (unpaired) electrons. The number of carbonyl (C=O) groups excluding carboxylic acids is 1. The van der Waals surface area contributed by atoms with Crippen molar-refractivity contribution in [2.24, 2.45) is 5.92 Å². The molecule has 0 spiro atoms. The molecule has 1 N–H and O–H groups in total. The van der Waals surface area contributed by atoms with Crippen molar-refractivity contribution in [3.63, 3.8) is 0 Å². The first-order valence-electron chi connectivity index (χ1n) is 10.4. The number of hydrogen-bond donors (Lipinski definition) is 1. The average molecular weight is 419 g/mol. The molecule has 0 unspecified atom stereocenters. The van der Waals surface area contributed by atoms with Crippen LogP contribution in [-0.4, -0.2) is 32.6 Å². The molecule has 0 saturated heterocycles. The van der Waals surface area contributed by atoms with Gasteiger partial charge in [-0.1, -0.05) is 25.4 Å². The van der Waals surface area contributed by atoms with Crippen molar-refractivity contribution in [2.45, 2.75) is 84.3 Å². The highest BCUT2D eigenvalue weighted by molar-refractivity contribution is 6.29. The quantitative estimate of drug-likeness (QED) is 0.510. The zero-order valence-corrected chi connectivity index (χ0v) is 18.7. The number of hydrogen-bond acceptors (Lipinski definition) is 6. The minimum Gasteiger partial charge on any atom is -0.460 e. The molecule has 1 saturated carbocycles. The van der Waals surface area contributed by atoms with Crippen molar-refractivity contribution in [2.75, 3.05) is 5.32 Å². The fourth-order valence-corrected chi connectivity index (χ4v) is 4.04. The predicted octanol–water partition coefficient (Wildman–Crippen LogP) is 5.50. The van der Waals surface area contributed by atoms with Crippen molar-refractivity contribution in [3.05, 3.63) is 23.0 Å². The number of pyridine rings is 1. The Kier molecular flexibility index (Phi) is 6.62. The van der Waals surface area contributed by atoms with Gasteiger partial charge in [-0.15, -0.1) is 0 Å². The van der Waals surface area contributed by atoms with Crippen molar-refractivity contribution >= 4 is 34.6 Å². The van der Waals surface area contributed by atoms with E-state index in [1.165, 1.54) is 0 Å². The molecule has 6 nitrogen and oxygen atoms in total. The molecule has 3 rings (SSSR count). The van der Waals surface area contributed by atoms with Gasteiger partial charge in [-0.3, -0.25) is 4.79 Å². The molecule has 158 valence electrons. The lowest BCUT2D eigenvalue weighted by Gasteiger charge is -2.29. The lowest BCUT2D eigenvalue weighted by atomic mass is 9.84. The Bertz CT molecular complexity index is 871. The highest BCUT2D eigenvalue weighted by atomic mass is 35.5.